The number of anilines is 2. The summed E-state index contributed by atoms with van der Waals surface area (Å²) < 4.78 is 85.3. The van der Waals surface area contributed by atoms with Crippen LogP contribution in [0, 0.1) is 5.92 Å². The van der Waals surface area contributed by atoms with Crippen LogP contribution in [0.2, 0.25) is 0 Å². The van der Waals surface area contributed by atoms with E-state index in [1.165, 1.54) is 17.7 Å². The second-order valence-corrected chi connectivity index (χ2v) is 10.9. The summed E-state index contributed by atoms with van der Waals surface area (Å²) in [7, 11) is 0. The van der Waals surface area contributed by atoms with Gasteiger partial charge in [-0.25, -0.2) is 0 Å². The van der Waals surface area contributed by atoms with Gasteiger partial charge in [-0.15, -0.1) is 0 Å². The fraction of sp³-hybridized carbons (Fsp3) is 0.394. The van der Waals surface area contributed by atoms with Crippen molar-refractivity contribution in [3.63, 3.8) is 0 Å². The Balaban J connectivity index is 1.55. The molecular formula is C33H35F6N3O3. The van der Waals surface area contributed by atoms with Crippen LogP contribution in [0.4, 0.5) is 37.7 Å². The van der Waals surface area contributed by atoms with E-state index in [2.05, 4.69) is 27.7 Å². The van der Waals surface area contributed by atoms with Gasteiger partial charge in [0.2, 0.25) is 0 Å². The lowest BCUT2D eigenvalue weighted by Crippen LogP contribution is -2.36. The molecule has 1 saturated heterocycles. The monoisotopic (exact) mass is 635 g/mol. The van der Waals surface area contributed by atoms with Crippen molar-refractivity contribution in [3.05, 3.63) is 94.5 Å². The lowest BCUT2D eigenvalue weighted by molar-refractivity contribution is -0.143. The van der Waals surface area contributed by atoms with Crippen molar-refractivity contribution < 1.29 is 40.7 Å². The third-order valence-electron chi connectivity index (χ3n) is 7.63. The van der Waals surface area contributed by atoms with Crippen molar-refractivity contribution in [1.82, 2.24) is 5.32 Å². The first-order chi connectivity index (χ1) is 21.3. The van der Waals surface area contributed by atoms with Crippen molar-refractivity contribution in [2.24, 2.45) is 5.92 Å². The molecule has 3 aromatic carbocycles. The number of nitrogens with zero attached hydrogens (tertiary/aromatic N) is 1. The number of nitrogens with one attached hydrogen (secondary N) is 2. The van der Waals surface area contributed by atoms with Gasteiger partial charge in [-0.3, -0.25) is 9.59 Å². The summed E-state index contributed by atoms with van der Waals surface area (Å²) in [5, 5.41) is 5.20. The van der Waals surface area contributed by atoms with Crippen molar-refractivity contribution >= 4 is 23.2 Å². The number of hydrogen-bond acceptors (Lipinski definition) is 4. The molecule has 45 heavy (non-hydrogen) atoms. The zero-order valence-corrected chi connectivity index (χ0v) is 24.7. The Bertz CT molecular complexity index is 1420. The average Bonchev–Trinajstić information content (AvgIpc) is 3.00. The molecule has 1 fully saturated rings. The summed E-state index contributed by atoms with van der Waals surface area (Å²) in [4.78, 5) is 28.3. The minimum Gasteiger partial charge on any atom is -0.382 e. The van der Waals surface area contributed by atoms with Crippen molar-refractivity contribution in [3.8, 4) is 0 Å². The van der Waals surface area contributed by atoms with Crippen LogP contribution in [0.3, 0.4) is 0 Å². The van der Waals surface area contributed by atoms with Crippen molar-refractivity contribution in [2.45, 2.75) is 45.0 Å². The van der Waals surface area contributed by atoms with Gasteiger partial charge in [0, 0.05) is 49.8 Å². The number of ether oxygens (including phenoxy) is 1. The number of amides is 2. The standard InChI is InChI=1S/C33H35F6N3O3/c1-2-45-16-6-13-40-31(44)28-21-27(41-30(43)24-18-25(32(34,35)36)20-26(19-24)33(37,38)39)9-10-29(28)42-14-11-23(12-15-42)17-22-7-4-3-5-8-22/h3-5,7-10,18-21,23H,2,6,11-17H2,1H3,(H,40,44)(H,41,43). The van der Waals surface area contributed by atoms with Crippen LogP contribution in [-0.4, -0.2) is 44.7 Å². The molecule has 3 aromatic rings. The highest BCUT2D eigenvalue weighted by Gasteiger charge is 2.37. The van der Waals surface area contributed by atoms with E-state index in [0.717, 1.165) is 19.3 Å². The predicted molar refractivity (Wildman–Crippen MR) is 159 cm³/mol. The maximum absolute atomic E-state index is 13.3. The van der Waals surface area contributed by atoms with Gasteiger partial charge < -0.3 is 20.3 Å². The van der Waals surface area contributed by atoms with Crippen LogP contribution in [0.1, 0.15) is 63.6 Å². The van der Waals surface area contributed by atoms with Gasteiger partial charge in [-0.1, -0.05) is 30.3 Å². The molecule has 0 radical (unpaired) electrons. The molecule has 6 nitrogen and oxygen atoms in total. The highest BCUT2D eigenvalue weighted by Crippen LogP contribution is 2.37. The normalized spacial score (nSPS) is 14.3. The molecule has 4 rings (SSSR count). The lowest BCUT2D eigenvalue weighted by atomic mass is 9.89. The molecule has 242 valence electrons. The van der Waals surface area contributed by atoms with Crippen LogP contribution in [0.5, 0.6) is 0 Å². The van der Waals surface area contributed by atoms with Crippen LogP contribution in [0.15, 0.2) is 66.7 Å². The second kappa shape index (κ2) is 14.8. The van der Waals surface area contributed by atoms with Gasteiger partial charge in [-0.05, 0) is 80.5 Å². The molecule has 1 aliphatic rings. The number of piperidine rings is 1. The molecule has 0 atom stereocenters. The molecule has 2 N–H and O–H groups in total. The molecule has 2 amide bonds. The smallest absolute Gasteiger partial charge is 0.382 e. The third-order valence-corrected chi connectivity index (χ3v) is 7.63. The van der Waals surface area contributed by atoms with Crippen molar-refractivity contribution in [2.75, 3.05) is 43.1 Å². The van der Waals surface area contributed by atoms with Crippen LogP contribution in [0.25, 0.3) is 0 Å². The van der Waals surface area contributed by atoms with Crippen LogP contribution in [-0.2, 0) is 23.5 Å². The molecule has 0 aromatic heterocycles. The molecule has 0 saturated carbocycles. The Hall–Kier alpha value is -4.06. The third kappa shape index (κ3) is 9.46. The predicted octanol–water partition coefficient (Wildman–Crippen LogP) is 7.59. The molecule has 0 bridgehead atoms. The average molecular weight is 636 g/mol. The molecule has 0 aliphatic carbocycles. The molecule has 1 heterocycles. The van der Waals surface area contributed by atoms with Gasteiger partial charge in [-0.2, -0.15) is 26.3 Å². The number of halogens is 6. The Morgan fingerprint density at radius 2 is 1.51 bits per heavy atom. The number of benzene rings is 3. The van der Waals surface area contributed by atoms with Gasteiger partial charge in [0.25, 0.3) is 11.8 Å². The summed E-state index contributed by atoms with van der Waals surface area (Å²) in [5.41, 5.74) is -1.86. The zero-order chi connectivity index (χ0) is 32.6. The first-order valence-corrected chi connectivity index (χ1v) is 14.7. The second-order valence-electron chi connectivity index (χ2n) is 10.9. The summed E-state index contributed by atoms with van der Waals surface area (Å²) in [6, 6.07) is 15.4. The molecular weight excluding hydrogens is 600 g/mol. The maximum atomic E-state index is 13.3. The summed E-state index contributed by atoms with van der Waals surface area (Å²) >= 11 is 0. The SMILES string of the molecule is CCOCCCNC(=O)c1cc(NC(=O)c2cc(C(F)(F)F)cc(C(F)(F)F)c2)ccc1N1CCC(Cc2ccccc2)CC1. The van der Waals surface area contributed by atoms with E-state index in [4.69, 9.17) is 4.74 Å². The molecule has 0 spiro atoms. The lowest BCUT2D eigenvalue weighted by Gasteiger charge is -2.35. The Labute approximate surface area is 257 Å². The molecule has 1 aliphatic heterocycles. The van der Waals surface area contributed by atoms with E-state index in [9.17, 15) is 35.9 Å². The van der Waals surface area contributed by atoms with Crippen LogP contribution < -0.4 is 15.5 Å². The first-order valence-electron chi connectivity index (χ1n) is 14.7. The maximum Gasteiger partial charge on any atom is 0.416 e. The zero-order valence-electron chi connectivity index (χ0n) is 24.7. The van der Waals surface area contributed by atoms with Crippen molar-refractivity contribution in [1.29, 1.82) is 0 Å². The Morgan fingerprint density at radius 3 is 2.11 bits per heavy atom. The van der Waals surface area contributed by atoms with Gasteiger partial charge >= 0.3 is 12.4 Å². The highest BCUT2D eigenvalue weighted by atomic mass is 19.4. The minimum absolute atomic E-state index is 0.0391. The number of carbonyl (C=O) groups is 2. The van der Waals surface area contributed by atoms with Gasteiger partial charge in [0.1, 0.15) is 0 Å². The largest absolute Gasteiger partial charge is 0.416 e. The van der Waals surface area contributed by atoms with E-state index in [1.54, 1.807) is 6.07 Å². The van der Waals surface area contributed by atoms with E-state index in [1.807, 2.05) is 25.1 Å². The van der Waals surface area contributed by atoms with Gasteiger partial charge in [0.15, 0.2) is 0 Å². The summed E-state index contributed by atoms with van der Waals surface area (Å²) in [6.45, 7) is 4.52. The Morgan fingerprint density at radius 1 is 0.867 bits per heavy atom. The quantitative estimate of drug-likeness (QED) is 0.168. The Kier molecular flexibility index (Phi) is 11.1. The molecule has 0 unspecified atom stereocenters. The fourth-order valence-corrected chi connectivity index (χ4v) is 5.30. The number of carbonyl (C=O) groups excluding carboxylic acids is 2. The summed E-state index contributed by atoms with van der Waals surface area (Å²) in [5.74, 6) is -1.14. The minimum atomic E-state index is -5.10. The van der Waals surface area contributed by atoms with Crippen LogP contribution >= 0.6 is 0 Å². The number of alkyl halides is 6. The van der Waals surface area contributed by atoms with Gasteiger partial charge in [0.05, 0.1) is 16.7 Å². The highest BCUT2D eigenvalue weighted by molar-refractivity contribution is 6.06. The van der Waals surface area contributed by atoms with E-state index < -0.39 is 40.9 Å². The van der Waals surface area contributed by atoms with E-state index in [-0.39, 0.29) is 17.3 Å². The summed E-state index contributed by atoms with van der Waals surface area (Å²) in [6.07, 6.45) is -6.91. The van der Waals surface area contributed by atoms with E-state index in [0.29, 0.717) is 63.0 Å². The first kappa shape index (κ1) is 33.8. The topological polar surface area (TPSA) is 70.7 Å². The fourth-order valence-electron chi connectivity index (χ4n) is 5.30. The number of rotatable bonds is 11. The van der Waals surface area contributed by atoms with E-state index >= 15 is 0 Å². The number of hydrogen-bond donors (Lipinski definition) is 2. The molecule has 12 heteroatoms.